The Hall–Kier alpha value is -1.53. The summed E-state index contributed by atoms with van der Waals surface area (Å²) in [5.74, 6) is -1.17. The van der Waals surface area contributed by atoms with Crippen molar-refractivity contribution in [2.75, 3.05) is 27.2 Å². The molecule has 0 radical (unpaired) electrons. The quantitative estimate of drug-likeness (QED) is 0.725. The number of carbonyl (C=O) groups is 2. The van der Waals surface area contributed by atoms with Crippen LogP contribution in [0.15, 0.2) is 12.2 Å². The van der Waals surface area contributed by atoms with Crippen LogP contribution in [-0.2, 0) is 9.59 Å². The van der Waals surface area contributed by atoms with Gasteiger partial charge in [0.15, 0.2) is 0 Å². The molecule has 0 aromatic rings. The van der Waals surface area contributed by atoms with E-state index in [0.29, 0.717) is 4.90 Å². The van der Waals surface area contributed by atoms with Crippen LogP contribution in [0.1, 0.15) is 19.3 Å². The monoisotopic (exact) mass is 292 g/mol. The van der Waals surface area contributed by atoms with Crippen molar-refractivity contribution in [2.45, 2.75) is 25.4 Å². The first-order chi connectivity index (χ1) is 9.19. The smallest absolute Gasteiger partial charge is 0.347 e. The highest BCUT2D eigenvalue weighted by molar-refractivity contribution is 5.84. The SMILES string of the molecule is CN(C)C(=O)CN(CC(F)(F)F)C(=O)CC1C=CCC1. The molecular weight excluding hydrogens is 273 g/mol. The van der Waals surface area contributed by atoms with Crippen LogP contribution in [0.2, 0.25) is 0 Å². The van der Waals surface area contributed by atoms with Crippen molar-refractivity contribution in [1.82, 2.24) is 9.80 Å². The Morgan fingerprint density at radius 1 is 1.25 bits per heavy atom. The fourth-order valence-electron chi connectivity index (χ4n) is 1.97. The maximum Gasteiger partial charge on any atom is 0.406 e. The molecule has 0 fully saturated rings. The lowest BCUT2D eigenvalue weighted by molar-refractivity contribution is -0.164. The lowest BCUT2D eigenvalue weighted by Gasteiger charge is -2.25. The number of allylic oxidation sites excluding steroid dienone is 2. The van der Waals surface area contributed by atoms with Crippen LogP contribution in [0.5, 0.6) is 0 Å². The summed E-state index contributed by atoms with van der Waals surface area (Å²) < 4.78 is 37.5. The highest BCUT2D eigenvalue weighted by atomic mass is 19.4. The molecule has 0 aromatic heterocycles. The van der Waals surface area contributed by atoms with Gasteiger partial charge in [-0.1, -0.05) is 12.2 Å². The third kappa shape index (κ3) is 5.63. The molecule has 1 aliphatic carbocycles. The van der Waals surface area contributed by atoms with E-state index in [1.807, 2.05) is 12.2 Å². The Kier molecular flexibility index (Phi) is 5.59. The first-order valence-electron chi connectivity index (χ1n) is 6.40. The normalized spacial score (nSPS) is 18.1. The Bertz CT molecular complexity index is 392. The van der Waals surface area contributed by atoms with Gasteiger partial charge in [-0.05, 0) is 18.8 Å². The van der Waals surface area contributed by atoms with E-state index in [0.717, 1.165) is 12.8 Å². The van der Waals surface area contributed by atoms with Crippen molar-refractivity contribution in [3.63, 3.8) is 0 Å². The molecule has 4 nitrogen and oxygen atoms in total. The van der Waals surface area contributed by atoms with E-state index in [2.05, 4.69) is 0 Å². The number of likely N-dealkylation sites (N-methyl/N-ethyl adjacent to an activating group) is 1. The molecule has 2 amide bonds. The summed E-state index contributed by atoms with van der Waals surface area (Å²) in [6, 6.07) is 0. The second-order valence-corrected chi connectivity index (χ2v) is 5.12. The van der Waals surface area contributed by atoms with E-state index in [1.54, 1.807) is 0 Å². The Labute approximate surface area is 116 Å². The zero-order valence-corrected chi connectivity index (χ0v) is 11.6. The van der Waals surface area contributed by atoms with Gasteiger partial charge in [0.1, 0.15) is 13.1 Å². The van der Waals surface area contributed by atoms with Gasteiger partial charge >= 0.3 is 6.18 Å². The first-order valence-corrected chi connectivity index (χ1v) is 6.40. The average Bonchev–Trinajstić information content (AvgIpc) is 2.78. The van der Waals surface area contributed by atoms with Crippen molar-refractivity contribution in [3.05, 3.63) is 12.2 Å². The highest BCUT2D eigenvalue weighted by Gasteiger charge is 2.34. The van der Waals surface area contributed by atoms with Gasteiger partial charge in [-0.3, -0.25) is 9.59 Å². The molecule has 0 spiro atoms. The zero-order valence-electron chi connectivity index (χ0n) is 11.6. The second-order valence-electron chi connectivity index (χ2n) is 5.12. The van der Waals surface area contributed by atoms with E-state index >= 15 is 0 Å². The third-order valence-corrected chi connectivity index (χ3v) is 3.10. The predicted octanol–water partition coefficient (Wildman–Crippen LogP) is 1.82. The number of nitrogens with zero attached hydrogens (tertiary/aromatic N) is 2. The number of hydrogen-bond donors (Lipinski definition) is 0. The predicted molar refractivity (Wildman–Crippen MR) is 67.8 cm³/mol. The summed E-state index contributed by atoms with van der Waals surface area (Å²) in [6.07, 6.45) is 0.885. The van der Waals surface area contributed by atoms with Crippen molar-refractivity contribution >= 4 is 11.8 Å². The van der Waals surface area contributed by atoms with Gasteiger partial charge in [0.2, 0.25) is 11.8 Å². The van der Waals surface area contributed by atoms with Gasteiger partial charge < -0.3 is 9.80 Å². The fourth-order valence-corrected chi connectivity index (χ4v) is 1.97. The van der Waals surface area contributed by atoms with Gasteiger partial charge in [0, 0.05) is 20.5 Å². The van der Waals surface area contributed by atoms with Gasteiger partial charge in [-0.2, -0.15) is 13.2 Å². The van der Waals surface area contributed by atoms with Crippen molar-refractivity contribution in [3.8, 4) is 0 Å². The molecule has 20 heavy (non-hydrogen) atoms. The zero-order chi connectivity index (χ0) is 15.3. The molecule has 1 unspecified atom stereocenters. The van der Waals surface area contributed by atoms with Crippen molar-refractivity contribution in [1.29, 1.82) is 0 Å². The molecule has 0 aliphatic heterocycles. The minimum absolute atomic E-state index is 0.0207. The van der Waals surface area contributed by atoms with E-state index in [1.165, 1.54) is 19.0 Å². The molecule has 7 heteroatoms. The van der Waals surface area contributed by atoms with E-state index < -0.39 is 31.1 Å². The van der Waals surface area contributed by atoms with Gasteiger partial charge in [0.25, 0.3) is 0 Å². The first kappa shape index (κ1) is 16.5. The Morgan fingerprint density at radius 2 is 1.90 bits per heavy atom. The minimum atomic E-state index is -4.51. The van der Waals surface area contributed by atoms with Crippen LogP contribution >= 0.6 is 0 Å². The average molecular weight is 292 g/mol. The van der Waals surface area contributed by atoms with Crippen LogP contribution in [0.3, 0.4) is 0 Å². The molecule has 0 saturated carbocycles. The topological polar surface area (TPSA) is 40.6 Å². The lowest BCUT2D eigenvalue weighted by atomic mass is 10.0. The van der Waals surface area contributed by atoms with Crippen LogP contribution in [0.25, 0.3) is 0 Å². The molecule has 114 valence electrons. The summed E-state index contributed by atoms with van der Waals surface area (Å²) in [7, 11) is 2.89. The number of hydrogen-bond acceptors (Lipinski definition) is 2. The number of halogens is 3. The van der Waals surface area contributed by atoms with E-state index in [9.17, 15) is 22.8 Å². The van der Waals surface area contributed by atoms with Crippen molar-refractivity contribution < 1.29 is 22.8 Å². The molecule has 0 bridgehead atoms. The van der Waals surface area contributed by atoms with Gasteiger partial charge in [-0.25, -0.2) is 0 Å². The summed E-state index contributed by atoms with van der Waals surface area (Å²) >= 11 is 0. The molecule has 0 N–H and O–H groups in total. The number of alkyl halides is 3. The van der Waals surface area contributed by atoms with Gasteiger partial charge in [-0.15, -0.1) is 0 Å². The Morgan fingerprint density at radius 3 is 2.35 bits per heavy atom. The summed E-state index contributed by atoms with van der Waals surface area (Å²) in [5.41, 5.74) is 0. The van der Waals surface area contributed by atoms with Crippen LogP contribution < -0.4 is 0 Å². The molecule has 0 aromatic carbocycles. The molecular formula is C13H19F3N2O2. The summed E-state index contributed by atoms with van der Waals surface area (Å²) in [6.45, 7) is -1.93. The summed E-state index contributed by atoms with van der Waals surface area (Å²) in [4.78, 5) is 25.3. The van der Waals surface area contributed by atoms with E-state index in [-0.39, 0.29) is 12.3 Å². The maximum atomic E-state index is 12.5. The standard InChI is InChI=1S/C13H19F3N2O2/c1-17(2)12(20)8-18(9-13(14,15)16)11(19)7-10-5-3-4-6-10/h3,5,10H,4,6-9H2,1-2H3. The maximum absolute atomic E-state index is 12.5. The van der Waals surface area contributed by atoms with Gasteiger partial charge in [0.05, 0.1) is 0 Å². The van der Waals surface area contributed by atoms with Crippen LogP contribution in [-0.4, -0.2) is 55.0 Å². The minimum Gasteiger partial charge on any atom is -0.347 e. The number of carbonyl (C=O) groups excluding carboxylic acids is 2. The van der Waals surface area contributed by atoms with Crippen LogP contribution in [0, 0.1) is 5.92 Å². The van der Waals surface area contributed by atoms with Crippen LogP contribution in [0.4, 0.5) is 13.2 Å². The molecule has 0 saturated heterocycles. The number of rotatable bonds is 5. The van der Waals surface area contributed by atoms with Crippen molar-refractivity contribution in [2.24, 2.45) is 5.92 Å². The van der Waals surface area contributed by atoms with E-state index in [4.69, 9.17) is 0 Å². The highest BCUT2D eigenvalue weighted by Crippen LogP contribution is 2.23. The second kappa shape index (κ2) is 6.76. The summed E-state index contributed by atoms with van der Waals surface area (Å²) in [5, 5.41) is 0. The lowest BCUT2D eigenvalue weighted by Crippen LogP contribution is -2.45. The fraction of sp³-hybridized carbons (Fsp3) is 0.692. The Balaban J connectivity index is 2.67. The third-order valence-electron chi connectivity index (χ3n) is 3.10. The number of amides is 2. The molecule has 1 rings (SSSR count). The molecule has 1 atom stereocenters. The molecule has 0 heterocycles. The molecule has 1 aliphatic rings. The largest absolute Gasteiger partial charge is 0.406 e.